The minimum Gasteiger partial charge on any atom is -0.382 e. The van der Waals surface area contributed by atoms with E-state index < -0.39 is 10.0 Å². The van der Waals surface area contributed by atoms with E-state index in [-0.39, 0.29) is 17.7 Å². The highest BCUT2D eigenvalue weighted by Crippen LogP contribution is 2.18. The number of hydrogen-bond acceptors (Lipinski definition) is 4. The third-order valence-corrected chi connectivity index (χ3v) is 4.70. The molecule has 1 fully saturated rings. The lowest BCUT2D eigenvalue weighted by molar-refractivity contribution is -0.120. The van der Waals surface area contributed by atoms with E-state index in [2.05, 4.69) is 15.4 Å². The van der Waals surface area contributed by atoms with E-state index in [1.165, 1.54) is 0 Å². The zero-order chi connectivity index (χ0) is 15.3. The minimum atomic E-state index is -3.25. The molecule has 0 aromatic heterocycles. The molecular weight excluding hydrogens is 290 g/mol. The first-order valence-corrected chi connectivity index (χ1v) is 8.77. The van der Waals surface area contributed by atoms with Gasteiger partial charge in [-0.2, -0.15) is 0 Å². The van der Waals surface area contributed by atoms with Gasteiger partial charge in [0.25, 0.3) is 0 Å². The largest absolute Gasteiger partial charge is 0.382 e. The Morgan fingerprint density at radius 2 is 1.90 bits per heavy atom. The van der Waals surface area contributed by atoms with Crippen LogP contribution in [-0.2, 0) is 14.8 Å². The fourth-order valence-electron chi connectivity index (χ4n) is 2.22. The molecule has 1 atom stereocenters. The van der Waals surface area contributed by atoms with Gasteiger partial charge in [0.05, 0.1) is 5.75 Å². The first-order chi connectivity index (χ1) is 9.98. The quantitative estimate of drug-likeness (QED) is 0.769. The molecule has 0 saturated carbocycles. The van der Waals surface area contributed by atoms with E-state index >= 15 is 0 Å². The van der Waals surface area contributed by atoms with E-state index in [1.54, 1.807) is 19.1 Å². The van der Waals surface area contributed by atoms with Crippen LogP contribution in [-0.4, -0.2) is 32.7 Å². The van der Waals surface area contributed by atoms with Crippen molar-refractivity contribution in [1.82, 2.24) is 5.32 Å². The number of amides is 1. The standard InChI is InChI=1S/C14H21N3O3S/c1-2-21(19,20)17-12-7-5-11(6-8-12)16-13-4-3-9-15-14(18)10-13/h5-8,13,16-17H,2-4,9-10H2,1H3,(H,15,18). The maximum Gasteiger partial charge on any atom is 0.232 e. The Balaban J connectivity index is 1.97. The molecule has 0 aliphatic carbocycles. The molecule has 6 nitrogen and oxygen atoms in total. The van der Waals surface area contributed by atoms with Crippen LogP contribution in [0.4, 0.5) is 11.4 Å². The van der Waals surface area contributed by atoms with Crippen molar-refractivity contribution in [3.05, 3.63) is 24.3 Å². The van der Waals surface area contributed by atoms with Crippen molar-refractivity contribution in [2.24, 2.45) is 0 Å². The lowest BCUT2D eigenvalue weighted by atomic mass is 10.1. The van der Waals surface area contributed by atoms with Crippen molar-refractivity contribution in [3.8, 4) is 0 Å². The van der Waals surface area contributed by atoms with Gasteiger partial charge in [0.2, 0.25) is 15.9 Å². The number of anilines is 2. The van der Waals surface area contributed by atoms with E-state index in [0.29, 0.717) is 12.1 Å². The molecule has 2 rings (SSSR count). The van der Waals surface area contributed by atoms with Crippen LogP contribution >= 0.6 is 0 Å². The summed E-state index contributed by atoms with van der Waals surface area (Å²) in [7, 11) is -3.25. The first-order valence-electron chi connectivity index (χ1n) is 7.12. The molecule has 21 heavy (non-hydrogen) atoms. The Morgan fingerprint density at radius 3 is 2.57 bits per heavy atom. The summed E-state index contributed by atoms with van der Waals surface area (Å²) in [6, 6.07) is 7.18. The Hall–Kier alpha value is -1.76. The molecule has 116 valence electrons. The highest BCUT2D eigenvalue weighted by Gasteiger charge is 2.17. The van der Waals surface area contributed by atoms with Gasteiger partial charge < -0.3 is 10.6 Å². The van der Waals surface area contributed by atoms with Crippen LogP contribution in [0.1, 0.15) is 26.2 Å². The predicted molar refractivity (Wildman–Crippen MR) is 83.8 cm³/mol. The van der Waals surface area contributed by atoms with E-state index in [0.717, 1.165) is 25.1 Å². The average molecular weight is 311 g/mol. The topological polar surface area (TPSA) is 87.3 Å². The minimum absolute atomic E-state index is 0.0458. The van der Waals surface area contributed by atoms with Gasteiger partial charge in [0.15, 0.2) is 0 Å². The molecule has 0 spiro atoms. The maximum atomic E-state index is 11.5. The Bertz CT molecular complexity index is 584. The van der Waals surface area contributed by atoms with Gasteiger partial charge in [-0.3, -0.25) is 9.52 Å². The fraction of sp³-hybridized carbons (Fsp3) is 0.500. The van der Waals surface area contributed by atoms with Gasteiger partial charge >= 0.3 is 0 Å². The number of nitrogens with one attached hydrogen (secondary N) is 3. The van der Waals surface area contributed by atoms with E-state index in [1.807, 2.05) is 12.1 Å². The molecule has 3 N–H and O–H groups in total. The molecule has 1 aliphatic rings. The van der Waals surface area contributed by atoms with Gasteiger partial charge in [0, 0.05) is 30.4 Å². The van der Waals surface area contributed by atoms with Crippen LogP contribution in [0.25, 0.3) is 0 Å². The second-order valence-corrected chi connectivity index (χ2v) is 7.13. The molecule has 1 amide bonds. The summed E-state index contributed by atoms with van der Waals surface area (Å²) in [5, 5.41) is 6.16. The van der Waals surface area contributed by atoms with Crippen LogP contribution < -0.4 is 15.4 Å². The zero-order valence-electron chi connectivity index (χ0n) is 12.1. The normalized spacial score (nSPS) is 19.5. The van der Waals surface area contributed by atoms with E-state index in [9.17, 15) is 13.2 Å². The van der Waals surface area contributed by atoms with Gasteiger partial charge in [-0.25, -0.2) is 8.42 Å². The van der Waals surface area contributed by atoms with Crippen LogP contribution in [0.3, 0.4) is 0 Å². The van der Waals surface area contributed by atoms with Crippen molar-refractivity contribution in [3.63, 3.8) is 0 Å². The smallest absolute Gasteiger partial charge is 0.232 e. The molecule has 1 unspecified atom stereocenters. The van der Waals surface area contributed by atoms with Crippen molar-refractivity contribution < 1.29 is 13.2 Å². The molecule has 1 heterocycles. The fourth-order valence-corrected chi connectivity index (χ4v) is 2.86. The molecule has 7 heteroatoms. The maximum absolute atomic E-state index is 11.5. The second kappa shape index (κ2) is 6.80. The molecule has 1 saturated heterocycles. The summed E-state index contributed by atoms with van der Waals surface area (Å²) in [5.74, 6) is 0.113. The van der Waals surface area contributed by atoms with Gasteiger partial charge in [-0.05, 0) is 44.0 Å². The summed E-state index contributed by atoms with van der Waals surface area (Å²) >= 11 is 0. The molecule has 0 bridgehead atoms. The van der Waals surface area contributed by atoms with Crippen molar-refractivity contribution in [2.45, 2.75) is 32.2 Å². The van der Waals surface area contributed by atoms with Gasteiger partial charge in [0.1, 0.15) is 0 Å². The van der Waals surface area contributed by atoms with Crippen LogP contribution in [0.2, 0.25) is 0 Å². The predicted octanol–water partition coefficient (Wildman–Crippen LogP) is 1.53. The van der Waals surface area contributed by atoms with Crippen LogP contribution in [0, 0.1) is 0 Å². The Labute approximate surface area is 125 Å². The molecule has 1 aromatic rings. The number of sulfonamides is 1. The summed E-state index contributed by atoms with van der Waals surface area (Å²) < 4.78 is 25.4. The lowest BCUT2D eigenvalue weighted by Crippen LogP contribution is -2.26. The summed E-state index contributed by atoms with van der Waals surface area (Å²) in [4.78, 5) is 11.5. The van der Waals surface area contributed by atoms with E-state index in [4.69, 9.17) is 0 Å². The highest BCUT2D eigenvalue weighted by atomic mass is 32.2. The third kappa shape index (κ3) is 4.93. The number of hydrogen-bond donors (Lipinski definition) is 3. The summed E-state index contributed by atoms with van der Waals surface area (Å²) in [5.41, 5.74) is 1.43. The number of benzene rings is 1. The monoisotopic (exact) mass is 311 g/mol. The van der Waals surface area contributed by atoms with Crippen LogP contribution in [0.5, 0.6) is 0 Å². The molecule has 1 aliphatic heterocycles. The number of rotatable bonds is 5. The lowest BCUT2D eigenvalue weighted by Gasteiger charge is -2.17. The Kier molecular flexibility index (Phi) is 5.06. The molecule has 0 radical (unpaired) electrons. The second-order valence-electron chi connectivity index (χ2n) is 5.12. The van der Waals surface area contributed by atoms with Crippen molar-refractivity contribution >= 4 is 27.3 Å². The number of carbonyl (C=O) groups is 1. The van der Waals surface area contributed by atoms with Crippen LogP contribution in [0.15, 0.2) is 24.3 Å². The summed E-state index contributed by atoms with van der Waals surface area (Å²) in [6.45, 7) is 2.32. The van der Waals surface area contributed by atoms with Crippen molar-refractivity contribution in [1.29, 1.82) is 0 Å². The molecular formula is C14H21N3O3S. The number of carbonyl (C=O) groups excluding carboxylic acids is 1. The van der Waals surface area contributed by atoms with Crippen molar-refractivity contribution in [2.75, 3.05) is 22.3 Å². The highest BCUT2D eigenvalue weighted by molar-refractivity contribution is 7.92. The first kappa shape index (κ1) is 15.6. The zero-order valence-corrected chi connectivity index (χ0v) is 12.9. The summed E-state index contributed by atoms with van der Waals surface area (Å²) in [6.07, 6.45) is 2.35. The average Bonchev–Trinajstić information content (AvgIpc) is 2.65. The SMILES string of the molecule is CCS(=O)(=O)Nc1ccc(NC2CCCNC(=O)C2)cc1. The Morgan fingerprint density at radius 1 is 1.24 bits per heavy atom. The molecule has 1 aromatic carbocycles. The third-order valence-electron chi connectivity index (χ3n) is 3.39. The van der Waals surface area contributed by atoms with Gasteiger partial charge in [-0.1, -0.05) is 0 Å². The van der Waals surface area contributed by atoms with Gasteiger partial charge in [-0.15, -0.1) is 0 Å².